The van der Waals surface area contributed by atoms with Crippen molar-refractivity contribution >= 4 is 5.82 Å². The molecule has 0 aromatic carbocycles. The summed E-state index contributed by atoms with van der Waals surface area (Å²) < 4.78 is 0. The van der Waals surface area contributed by atoms with E-state index in [1.54, 1.807) is 12.3 Å². The lowest BCUT2D eigenvalue weighted by Crippen LogP contribution is -2.28. The third-order valence-electron chi connectivity index (χ3n) is 2.18. The van der Waals surface area contributed by atoms with Crippen molar-refractivity contribution in [2.75, 3.05) is 24.6 Å². The van der Waals surface area contributed by atoms with Gasteiger partial charge in [-0.3, -0.25) is 0 Å². The number of rotatable bonds is 6. The summed E-state index contributed by atoms with van der Waals surface area (Å²) in [7, 11) is 0. The van der Waals surface area contributed by atoms with Gasteiger partial charge in [0.15, 0.2) is 0 Å². The maximum atomic E-state index is 9.01. The Morgan fingerprint density at radius 3 is 2.73 bits per heavy atom. The molecule has 0 saturated heterocycles. The number of aromatic nitrogens is 1. The summed E-state index contributed by atoms with van der Waals surface area (Å²) in [6.45, 7) is 3.66. The van der Waals surface area contributed by atoms with Crippen LogP contribution in [0, 0.1) is 0 Å². The lowest BCUT2D eigenvalue weighted by atomic mass is 10.2. The monoisotopic (exact) mass is 210 g/mol. The van der Waals surface area contributed by atoms with Gasteiger partial charge in [-0.25, -0.2) is 4.98 Å². The van der Waals surface area contributed by atoms with Crippen LogP contribution in [0.5, 0.6) is 0 Å². The predicted molar refractivity (Wildman–Crippen MR) is 59.7 cm³/mol. The number of aliphatic hydroxyl groups is 2. The molecule has 0 aliphatic rings. The van der Waals surface area contributed by atoms with Gasteiger partial charge in [0.05, 0.1) is 13.2 Å². The van der Waals surface area contributed by atoms with Gasteiger partial charge in [-0.05, 0) is 24.1 Å². The van der Waals surface area contributed by atoms with E-state index in [0.29, 0.717) is 6.54 Å². The maximum absolute atomic E-state index is 9.01. The van der Waals surface area contributed by atoms with Crippen LogP contribution in [0.25, 0.3) is 0 Å². The molecule has 4 nitrogen and oxygen atoms in total. The van der Waals surface area contributed by atoms with Crippen LogP contribution >= 0.6 is 0 Å². The Kier molecular flexibility index (Phi) is 5.07. The molecule has 0 spiro atoms. The molecule has 0 atom stereocenters. The molecule has 0 aliphatic heterocycles. The van der Waals surface area contributed by atoms with Gasteiger partial charge in [0.1, 0.15) is 5.82 Å². The lowest BCUT2D eigenvalue weighted by molar-refractivity contribution is 0.281. The molecule has 1 heterocycles. The third-order valence-corrected chi connectivity index (χ3v) is 2.18. The van der Waals surface area contributed by atoms with Crippen molar-refractivity contribution in [2.45, 2.75) is 20.0 Å². The van der Waals surface area contributed by atoms with E-state index in [-0.39, 0.29) is 13.2 Å². The third kappa shape index (κ3) is 3.49. The molecule has 0 aliphatic carbocycles. The molecule has 15 heavy (non-hydrogen) atoms. The quantitative estimate of drug-likeness (QED) is 0.728. The van der Waals surface area contributed by atoms with Crippen molar-refractivity contribution in [1.29, 1.82) is 0 Å². The van der Waals surface area contributed by atoms with Crippen LogP contribution in [0.2, 0.25) is 0 Å². The summed E-state index contributed by atoms with van der Waals surface area (Å²) in [5.41, 5.74) is 0.846. The highest BCUT2D eigenvalue weighted by Crippen LogP contribution is 2.12. The van der Waals surface area contributed by atoms with Gasteiger partial charge in [0.25, 0.3) is 0 Å². The van der Waals surface area contributed by atoms with Crippen LogP contribution in [-0.2, 0) is 6.61 Å². The van der Waals surface area contributed by atoms with Crippen molar-refractivity contribution < 1.29 is 10.2 Å². The summed E-state index contributed by atoms with van der Waals surface area (Å²) in [5, 5.41) is 17.9. The Hall–Kier alpha value is -1.13. The molecule has 0 amide bonds. The first-order valence-corrected chi connectivity index (χ1v) is 5.23. The topological polar surface area (TPSA) is 56.6 Å². The zero-order chi connectivity index (χ0) is 11.1. The van der Waals surface area contributed by atoms with Gasteiger partial charge >= 0.3 is 0 Å². The van der Waals surface area contributed by atoms with Crippen molar-refractivity contribution in [3.8, 4) is 0 Å². The van der Waals surface area contributed by atoms with Gasteiger partial charge in [-0.2, -0.15) is 0 Å². The van der Waals surface area contributed by atoms with E-state index < -0.39 is 0 Å². The van der Waals surface area contributed by atoms with Gasteiger partial charge in [-0.1, -0.05) is 6.92 Å². The van der Waals surface area contributed by atoms with Crippen LogP contribution in [0.4, 0.5) is 5.82 Å². The highest BCUT2D eigenvalue weighted by Gasteiger charge is 2.06. The highest BCUT2D eigenvalue weighted by molar-refractivity contribution is 5.40. The van der Waals surface area contributed by atoms with E-state index in [1.807, 2.05) is 11.0 Å². The minimum Gasteiger partial charge on any atom is -0.395 e. The molecule has 0 unspecified atom stereocenters. The van der Waals surface area contributed by atoms with E-state index in [4.69, 9.17) is 10.2 Å². The van der Waals surface area contributed by atoms with E-state index in [2.05, 4.69) is 11.9 Å². The number of anilines is 1. The van der Waals surface area contributed by atoms with Gasteiger partial charge in [-0.15, -0.1) is 0 Å². The fourth-order valence-corrected chi connectivity index (χ4v) is 1.46. The highest BCUT2D eigenvalue weighted by atomic mass is 16.3. The van der Waals surface area contributed by atoms with Gasteiger partial charge in [0.2, 0.25) is 0 Å². The molecular formula is C11H18N2O2. The molecule has 2 N–H and O–H groups in total. The zero-order valence-electron chi connectivity index (χ0n) is 9.06. The average Bonchev–Trinajstić information content (AvgIpc) is 2.29. The summed E-state index contributed by atoms with van der Waals surface area (Å²) in [6.07, 6.45) is 2.69. The average molecular weight is 210 g/mol. The first-order valence-electron chi connectivity index (χ1n) is 5.23. The van der Waals surface area contributed by atoms with E-state index >= 15 is 0 Å². The molecule has 0 saturated carbocycles. The summed E-state index contributed by atoms with van der Waals surface area (Å²) in [5.74, 6) is 0.817. The summed E-state index contributed by atoms with van der Waals surface area (Å²) in [4.78, 5) is 6.24. The van der Waals surface area contributed by atoms with Crippen LogP contribution in [0.3, 0.4) is 0 Å². The van der Waals surface area contributed by atoms with Crippen LogP contribution in [0.1, 0.15) is 18.9 Å². The number of hydrogen-bond donors (Lipinski definition) is 2. The SMILES string of the molecule is CCCN(CCO)c1cc(CO)ccn1. The number of hydrogen-bond acceptors (Lipinski definition) is 4. The number of nitrogens with zero attached hydrogens (tertiary/aromatic N) is 2. The summed E-state index contributed by atoms with van der Waals surface area (Å²) >= 11 is 0. The second kappa shape index (κ2) is 6.37. The van der Waals surface area contributed by atoms with E-state index in [1.165, 1.54) is 0 Å². The fraction of sp³-hybridized carbons (Fsp3) is 0.545. The zero-order valence-corrected chi connectivity index (χ0v) is 9.06. The Morgan fingerprint density at radius 2 is 2.13 bits per heavy atom. The molecule has 4 heteroatoms. The van der Waals surface area contributed by atoms with Crippen molar-refractivity contribution in [3.63, 3.8) is 0 Å². The Morgan fingerprint density at radius 1 is 1.33 bits per heavy atom. The maximum Gasteiger partial charge on any atom is 0.128 e. The first kappa shape index (κ1) is 11.9. The van der Waals surface area contributed by atoms with Crippen LogP contribution in [0.15, 0.2) is 18.3 Å². The standard InChI is InChI=1S/C11H18N2O2/c1-2-5-13(6-7-14)11-8-10(9-15)3-4-12-11/h3-4,8,14-15H,2,5-7,9H2,1H3. The molecule has 0 fully saturated rings. The van der Waals surface area contributed by atoms with Crippen molar-refractivity contribution in [3.05, 3.63) is 23.9 Å². The molecule has 1 aromatic heterocycles. The van der Waals surface area contributed by atoms with Crippen LogP contribution < -0.4 is 4.90 Å². The van der Waals surface area contributed by atoms with E-state index in [0.717, 1.165) is 24.3 Å². The smallest absolute Gasteiger partial charge is 0.128 e. The predicted octanol–water partition coefficient (Wildman–Crippen LogP) is 0.783. The van der Waals surface area contributed by atoms with Crippen molar-refractivity contribution in [1.82, 2.24) is 4.98 Å². The second-order valence-electron chi connectivity index (χ2n) is 3.39. The lowest BCUT2D eigenvalue weighted by Gasteiger charge is -2.22. The Bertz CT molecular complexity index is 286. The summed E-state index contributed by atoms with van der Waals surface area (Å²) in [6, 6.07) is 3.64. The van der Waals surface area contributed by atoms with Crippen LogP contribution in [-0.4, -0.2) is 34.9 Å². The number of aliphatic hydroxyl groups excluding tert-OH is 2. The minimum absolute atomic E-state index is 0.0224. The number of pyridine rings is 1. The minimum atomic E-state index is 0.0224. The van der Waals surface area contributed by atoms with Gasteiger partial charge in [0, 0.05) is 19.3 Å². The van der Waals surface area contributed by atoms with Crippen molar-refractivity contribution in [2.24, 2.45) is 0 Å². The molecule has 0 bridgehead atoms. The fourth-order valence-electron chi connectivity index (χ4n) is 1.46. The molecule has 0 radical (unpaired) electrons. The molecule has 1 rings (SSSR count). The molecule has 1 aromatic rings. The Balaban J connectivity index is 2.79. The first-order chi connectivity index (χ1) is 7.31. The normalized spacial score (nSPS) is 10.3. The molecular weight excluding hydrogens is 192 g/mol. The largest absolute Gasteiger partial charge is 0.395 e. The Labute approximate surface area is 90.2 Å². The van der Waals surface area contributed by atoms with E-state index in [9.17, 15) is 0 Å². The second-order valence-corrected chi connectivity index (χ2v) is 3.39. The van der Waals surface area contributed by atoms with Gasteiger partial charge < -0.3 is 15.1 Å². The molecule has 84 valence electrons.